The molecular formula is C28H27N3O4S. The zero-order valence-corrected chi connectivity index (χ0v) is 21.4. The Hall–Kier alpha value is -4.04. The maximum Gasteiger partial charge on any atom is 0.338 e. The Bertz CT molecular complexity index is 1400. The van der Waals surface area contributed by atoms with E-state index in [1.165, 1.54) is 4.90 Å². The Kier molecular flexibility index (Phi) is 7.17. The predicted octanol–water partition coefficient (Wildman–Crippen LogP) is 4.66. The number of esters is 1. The Morgan fingerprint density at radius 3 is 2.42 bits per heavy atom. The van der Waals surface area contributed by atoms with Crippen LogP contribution in [0.2, 0.25) is 0 Å². The summed E-state index contributed by atoms with van der Waals surface area (Å²) in [4.78, 5) is 39.7. The van der Waals surface area contributed by atoms with E-state index in [0.717, 1.165) is 28.2 Å². The highest BCUT2D eigenvalue weighted by Gasteiger charge is 2.35. The molecule has 1 fully saturated rings. The summed E-state index contributed by atoms with van der Waals surface area (Å²) in [6.07, 6.45) is 2.32. The average molecular weight is 502 g/mol. The second-order valence-electron chi connectivity index (χ2n) is 8.37. The topological polar surface area (TPSA) is 80.6 Å². The minimum atomic E-state index is -0.529. The van der Waals surface area contributed by atoms with E-state index in [0.29, 0.717) is 24.3 Å². The Labute approximate surface area is 215 Å². The maximum atomic E-state index is 13.5. The molecule has 2 aromatic carbocycles. The van der Waals surface area contributed by atoms with Crippen molar-refractivity contribution in [2.45, 2.75) is 34.1 Å². The number of nitrogens with zero attached hydrogens (tertiary/aromatic N) is 2. The van der Waals surface area contributed by atoms with Crippen LogP contribution in [0.15, 0.2) is 60.2 Å². The van der Waals surface area contributed by atoms with Crippen molar-refractivity contribution in [2.24, 2.45) is 0 Å². The van der Waals surface area contributed by atoms with Crippen LogP contribution in [0.5, 0.6) is 0 Å². The van der Waals surface area contributed by atoms with Crippen molar-refractivity contribution >= 4 is 46.9 Å². The molecule has 0 spiro atoms. The first-order valence-corrected chi connectivity index (χ1v) is 12.1. The number of amides is 2. The zero-order valence-electron chi connectivity index (χ0n) is 20.6. The van der Waals surface area contributed by atoms with E-state index >= 15 is 0 Å². The van der Waals surface area contributed by atoms with Crippen LogP contribution in [0.1, 0.15) is 46.7 Å². The molecule has 1 aromatic heterocycles. The van der Waals surface area contributed by atoms with E-state index in [2.05, 4.69) is 5.32 Å². The van der Waals surface area contributed by atoms with Gasteiger partial charge in [-0.3, -0.25) is 19.8 Å². The van der Waals surface area contributed by atoms with E-state index < -0.39 is 11.8 Å². The molecule has 1 aliphatic heterocycles. The highest BCUT2D eigenvalue weighted by Crippen LogP contribution is 2.28. The minimum Gasteiger partial charge on any atom is -0.462 e. The molecular weight excluding hydrogens is 474 g/mol. The molecule has 36 heavy (non-hydrogen) atoms. The normalized spacial score (nSPS) is 14.8. The van der Waals surface area contributed by atoms with Crippen molar-refractivity contribution in [3.8, 4) is 5.69 Å². The lowest BCUT2D eigenvalue weighted by Gasteiger charge is -2.30. The van der Waals surface area contributed by atoms with Crippen LogP contribution < -0.4 is 10.2 Å². The van der Waals surface area contributed by atoms with Crippen LogP contribution in [-0.4, -0.2) is 34.1 Å². The van der Waals surface area contributed by atoms with Crippen LogP contribution in [0.25, 0.3) is 11.8 Å². The third kappa shape index (κ3) is 4.59. The summed E-state index contributed by atoms with van der Waals surface area (Å²) in [6, 6.07) is 16.5. The van der Waals surface area contributed by atoms with Crippen molar-refractivity contribution in [3.63, 3.8) is 0 Å². The van der Waals surface area contributed by atoms with Crippen LogP contribution in [0, 0.1) is 13.8 Å². The van der Waals surface area contributed by atoms with Crippen LogP contribution in [0.4, 0.5) is 5.69 Å². The van der Waals surface area contributed by atoms with Crippen molar-refractivity contribution in [2.75, 3.05) is 11.5 Å². The van der Waals surface area contributed by atoms with Gasteiger partial charge in [0.05, 0.1) is 17.9 Å². The van der Waals surface area contributed by atoms with Gasteiger partial charge in [-0.25, -0.2) is 4.79 Å². The fraction of sp³-hybridized carbons (Fsp3) is 0.214. The summed E-state index contributed by atoms with van der Waals surface area (Å²) in [7, 11) is 0. The molecule has 0 radical (unpaired) electrons. The van der Waals surface area contributed by atoms with Crippen LogP contribution >= 0.6 is 12.2 Å². The smallest absolute Gasteiger partial charge is 0.338 e. The van der Waals surface area contributed by atoms with E-state index in [1.807, 2.05) is 67.8 Å². The first-order chi connectivity index (χ1) is 17.3. The number of carbonyl (C=O) groups is 3. The number of nitrogens with one attached hydrogen (secondary N) is 1. The van der Waals surface area contributed by atoms with Gasteiger partial charge in [-0.05, 0) is 93.0 Å². The van der Waals surface area contributed by atoms with Gasteiger partial charge < -0.3 is 9.30 Å². The largest absolute Gasteiger partial charge is 0.462 e. The molecule has 3 aromatic rings. The molecule has 1 aliphatic rings. The monoisotopic (exact) mass is 501 g/mol. The Morgan fingerprint density at radius 2 is 1.75 bits per heavy atom. The third-order valence-corrected chi connectivity index (χ3v) is 6.41. The predicted molar refractivity (Wildman–Crippen MR) is 143 cm³/mol. The Balaban J connectivity index is 1.71. The van der Waals surface area contributed by atoms with Crippen molar-refractivity contribution in [1.82, 2.24) is 9.88 Å². The first kappa shape index (κ1) is 25.1. The lowest BCUT2D eigenvalue weighted by molar-refractivity contribution is -0.122. The minimum absolute atomic E-state index is 0.00687. The number of carbonyl (C=O) groups excluding carboxylic acids is 3. The van der Waals surface area contributed by atoms with Gasteiger partial charge in [0.25, 0.3) is 11.8 Å². The molecule has 8 heteroatoms. The highest BCUT2D eigenvalue weighted by molar-refractivity contribution is 7.80. The van der Waals surface area contributed by atoms with E-state index in [9.17, 15) is 14.4 Å². The molecule has 0 atom stereocenters. The number of hydrogen-bond donors (Lipinski definition) is 1. The summed E-state index contributed by atoms with van der Waals surface area (Å²) in [5.74, 6) is -1.36. The van der Waals surface area contributed by atoms with Gasteiger partial charge in [0, 0.05) is 17.1 Å². The lowest BCUT2D eigenvalue weighted by atomic mass is 10.0. The molecule has 184 valence electrons. The van der Waals surface area contributed by atoms with Gasteiger partial charge >= 0.3 is 5.97 Å². The van der Waals surface area contributed by atoms with Gasteiger partial charge in [-0.15, -0.1) is 0 Å². The number of aromatic nitrogens is 1. The fourth-order valence-corrected chi connectivity index (χ4v) is 4.63. The molecule has 0 bridgehead atoms. The van der Waals surface area contributed by atoms with E-state index in [4.69, 9.17) is 17.0 Å². The molecule has 1 N–H and O–H groups in total. The number of para-hydroxylation sites is 1. The number of thiocarbonyl (C=S) groups is 1. The average Bonchev–Trinajstić information content (AvgIpc) is 3.14. The number of benzene rings is 2. The Morgan fingerprint density at radius 1 is 1.06 bits per heavy atom. The molecule has 7 nitrogen and oxygen atoms in total. The highest BCUT2D eigenvalue weighted by atomic mass is 32.1. The van der Waals surface area contributed by atoms with Gasteiger partial charge in [0.2, 0.25) is 0 Å². The van der Waals surface area contributed by atoms with Crippen molar-refractivity contribution < 1.29 is 19.1 Å². The van der Waals surface area contributed by atoms with Gasteiger partial charge in [-0.2, -0.15) is 0 Å². The van der Waals surface area contributed by atoms with Gasteiger partial charge in [0.1, 0.15) is 5.57 Å². The lowest BCUT2D eigenvalue weighted by Crippen LogP contribution is -2.54. The summed E-state index contributed by atoms with van der Waals surface area (Å²) in [5, 5.41) is 2.72. The quantitative estimate of drug-likeness (QED) is 0.230. The van der Waals surface area contributed by atoms with E-state index in [1.54, 1.807) is 25.1 Å². The first-order valence-electron chi connectivity index (χ1n) is 11.7. The molecule has 1 saturated heterocycles. The second-order valence-corrected chi connectivity index (χ2v) is 8.76. The van der Waals surface area contributed by atoms with E-state index in [-0.39, 0.29) is 16.7 Å². The standard InChI is InChI=1S/C28H27N3O4S/c1-5-19-9-7-8-10-24(19)31-26(33)23(25(32)29-28(31)36)16-21-15-17(3)30(18(21)4)22-13-11-20(12-14-22)27(34)35-6-2/h7-16H,5-6H2,1-4H3,(H,29,32,36)/b23-16+. The third-order valence-electron chi connectivity index (χ3n) is 6.12. The second kappa shape index (κ2) is 10.3. The zero-order chi connectivity index (χ0) is 26.0. The van der Waals surface area contributed by atoms with Gasteiger partial charge in [-0.1, -0.05) is 25.1 Å². The van der Waals surface area contributed by atoms with Crippen molar-refractivity contribution in [3.05, 3.63) is 88.2 Å². The van der Waals surface area contributed by atoms with Crippen LogP contribution in [0.3, 0.4) is 0 Å². The van der Waals surface area contributed by atoms with Crippen LogP contribution in [-0.2, 0) is 20.7 Å². The van der Waals surface area contributed by atoms with Gasteiger partial charge in [0.15, 0.2) is 5.11 Å². The fourth-order valence-electron chi connectivity index (χ4n) is 4.35. The summed E-state index contributed by atoms with van der Waals surface area (Å²) in [6.45, 7) is 7.93. The number of hydrogen-bond acceptors (Lipinski definition) is 5. The molecule has 2 heterocycles. The number of rotatable bonds is 6. The molecule has 0 aliphatic carbocycles. The molecule has 0 unspecified atom stereocenters. The molecule has 4 rings (SSSR count). The van der Waals surface area contributed by atoms with Crippen molar-refractivity contribution in [1.29, 1.82) is 0 Å². The summed E-state index contributed by atoms with van der Waals surface area (Å²) < 4.78 is 7.06. The summed E-state index contributed by atoms with van der Waals surface area (Å²) >= 11 is 5.36. The number of ether oxygens (including phenoxy) is 1. The SMILES string of the molecule is CCOC(=O)c1ccc(-n2c(C)cc(/C=C3\C(=O)NC(=S)N(c4ccccc4CC)C3=O)c2C)cc1. The summed E-state index contributed by atoms with van der Waals surface area (Å²) in [5.41, 5.74) is 5.43. The maximum absolute atomic E-state index is 13.5. The number of aryl methyl sites for hydroxylation is 2. The number of anilines is 1. The molecule has 0 saturated carbocycles. The molecule has 2 amide bonds.